The van der Waals surface area contributed by atoms with Gasteiger partial charge in [-0.25, -0.2) is 0 Å². The number of hydrogen-bond acceptors (Lipinski definition) is 3. The molecule has 1 aliphatic rings. The number of ether oxygens (including phenoxy) is 1. The summed E-state index contributed by atoms with van der Waals surface area (Å²) in [4.78, 5) is 2.65. The smallest absolute Gasteiger partial charge is 0.0518 e. The predicted molar refractivity (Wildman–Crippen MR) is 82.6 cm³/mol. The van der Waals surface area contributed by atoms with Crippen molar-refractivity contribution in [1.82, 2.24) is 10.2 Å². The summed E-state index contributed by atoms with van der Waals surface area (Å²) in [5.41, 5.74) is 0. The summed E-state index contributed by atoms with van der Waals surface area (Å²) in [6.07, 6.45) is 4.10. The monoisotopic (exact) mass is 270 g/mol. The summed E-state index contributed by atoms with van der Waals surface area (Å²) in [6.45, 7) is 15.7. The van der Waals surface area contributed by atoms with E-state index in [-0.39, 0.29) is 0 Å². The van der Waals surface area contributed by atoms with Crippen LogP contribution in [0.1, 0.15) is 53.9 Å². The van der Waals surface area contributed by atoms with Crippen LogP contribution < -0.4 is 5.32 Å². The second kappa shape index (κ2) is 8.93. The Morgan fingerprint density at radius 2 is 1.95 bits per heavy atom. The summed E-state index contributed by atoms with van der Waals surface area (Å²) in [7, 11) is 0. The molecule has 0 spiro atoms. The normalized spacial score (nSPS) is 25.4. The van der Waals surface area contributed by atoms with Gasteiger partial charge >= 0.3 is 0 Å². The lowest BCUT2D eigenvalue weighted by Gasteiger charge is -2.39. The molecule has 114 valence electrons. The highest BCUT2D eigenvalue weighted by molar-refractivity contribution is 4.84. The molecule has 3 nitrogen and oxygen atoms in total. The van der Waals surface area contributed by atoms with Gasteiger partial charge < -0.3 is 10.1 Å². The molecule has 0 aliphatic carbocycles. The van der Waals surface area contributed by atoms with E-state index in [0.29, 0.717) is 18.2 Å². The number of rotatable bonds is 8. The summed E-state index contributed by atoms with van der Waals surface area (Å²) < 4.78 is 5.60. The van der Waals surface area contributed by atoms with Crippen molar-refractivity contribution in [2.24, 2.45) is 5.92 Å². The van der Waals surface area contributed by atoms with Crippen LogP contribution >= 0.6 is 0 Å². The van der Waals surface area contributed by atoms with Gasteiger partial charge in [0, 0.05) is 31.8 Å². The first-order chi connectivity index (χ1) is 8.99. The van der Waals surface area contributed by atoms with E-state index >= 15 is 0 Å². The van der Waals surface area contributed by atoms with E-state index in [9.17, 15) is 0 Å². The first kappa shape index (κ1) is 16.9. The van der Waals surface area contributed by atoms with Gasteiger partial charge in [-0.2, -0.15) is 0 Å². The van der Waals surface area contributed by atoms with E-state index < -0.39 is 0 Å². The zero-order valence-corrected chi connectivity index (χ0v) is 13.6. The third-order valence-electron chi connectivity index (χ3n) is 3.83. The third kappa shape index (κ3) is 7.28. The van der Waals surface area contributed by atoms with Crippen molar-refractivity contribution < 1.29 is 4.74 Å². The van der Waals surface area contributed by atoms with Gasteiger partial charge in [0.25, 0.3) is 0 Å². The molecule has 0 bridgehead atoms. The van der Waals surface area contributed by atoms with Crippen molar-refractivity contribution in [1.29, 1.82) is 0 Å². The highest BCUT2D eigenvalue weighted by Gasteiger charge is 2.24. The van der Waals surface area contributed by atoms with Crippen LogP contribution in [0.15, 0.2) is 0 Å². The molecule has 0 aromatic rings. The molecule has 0 aromatic heterocycles. The molecule has 2 unspecified atom stereocenters. The topological polar surface area (TPSA) is 24.5 Å². The van der Waals surface area contributed by atoms with Gasteiger partial charge in [0.15, 0.2) is 0 Å². The number of unbranched alkanes of at least 4 members (excludes halogenated alkanes) is 1. The average Bonchev–Trinajstić information content (AvgIpc) is 2.31. The minimum Gasteiger partial charge on any atom is -0.379 e. The number of hydrogen-bond donors (Lipinski definition) is 1. The molecule has 1 aliphatic heterocycles. The first-order valence-electron chi connectivity index (χ1n) is 8.08. The molecular weight excluding hydrogens is 236 g/mol. The fourth-order valence-electron chi connectivity index (χ4n) is 2.77. The van der Waals surface area contributed by atoms with Gasteiger partial charge in [-0.15, -0.1) is 0 Å². The van der Waals surface area contributed by atoms with E-state index in [1.54, 1.807) is 0 Å². The van der Waals surface area contributed by atoms with Crippen molar-refractivity contribution in [2.45, 2.75) is 72.1 Å². The van der Waals surface area contributed by atoms with Crippen LogP contribution in [0.2, 0.25) is 0 Å². The van der Waals surface area contributed by atoms with Crippen molar-refractivity contribution in [3.05, 3.63) is 0 Å². The average molecular weight is 270 g/mol. The van der Waals surface area contributed by atoms with Crippen molar-refractivity contribution in [2.75, 3.05) is 26.2 Å². The minimum absolute atomic E-state index is 0.369. The highest BCUT2D eigenvalue weighted by atomic mass is 16.5. The van der Waals surface area contributed by atoms with Gasteiger partial charge in [0.2, 0.25) is 0 Å². The van der Waals surface area contributed by atoms with E-state index in [1.807, 2.05) is 0 Å². The highest BCUT2D eigenvalue weighted by Crippen LogP contribution is 2.13. The molecule has 0 aromatic carbocycles. The van der Waals surface area contributed by atoms with Gasteiger partial charge in [-0.1, -0.05) is 13.8 Å². The molecule has 3 heteroatoms. The summed E-state index contributed by atoms with van der Waals surface area (Å²) >= 11 is 0. The lowest BCUT2D eigenvalue weighted by atomic mass is 10.00. The van der Waals surface area contributed by atoms with Crippen LogP contribution in [-0.4, -0.2) is 49.3 Å². The Kier molecular flexibility index (Phi) is 7.96. The maximum Gasteiger partial charge on any atom is 0.0518 e. The Bertz CT molecular complexity index is 231. The van der Waals surface area contributed by atoms with Crippen molar-refractivity contribution in [3.8, 4) is 0 Å². The largest absolute Gasteiger partial charge is 0.379 e. The van der Waals surface area contributed by atoms with Crippen molar-refractivity contribution >= 4 is 0 Å². The SMILES string of the molecule is CC(C)CC1CN(CCCCOC(C)C)C(C)CN1. The van der Waals surface area contributed by atoms with E-state index in [0.717, 1.165) is 19.1 Å². The maximum absolute atomic E-state index is 5.60. The fraction of sp³-hybridized carbons (Fsp3) is 1.00. The predicted octanol–water partition coefficient (Wildman–Crippen LogP) is 2.90. The Labute approximate surface area is 120 Å². The molecule has 1 heterocycles. The second-order valence-electron chi connectivity index (χ2n) is 6.71. The quantitative estimate of drug-likeness (QED) is 0.686. The molecule has 1 saturated heterocycles. The molecule has 0 radical (unpaired) electrons. The van der Waals surface area contributed by atoms with Crippen LogP contribution in [0.3, 0.4) is 0 Å². The van der Waals surface area contributed by atoms with Gasteiger partial charge in [-0.3, -0.25) is 4.90 Å². The summed E-state index contributed by atoms with van der Waals surface area (Å²) in [5, 5.41) is 3.68. The number of piperazine rings is 1. The Morgan fingerprint density at radius 1 is 1.21 bits per heavy atom. The van der Waals surface area contributed by atoms with Crippen LogP contribution in [-0.2, 0) is 4.74 Å². The van der Waals surface area contributed by atoms with E-state index in [2.05, 4.69) is 44.8 Å². The van der Waals surface area contributed by atoms with Crippen LogP contribution in [0, 0.1) is 5.92 Å². The van der Waals surface area contributed by atoms with Crippen LogP contribution in [0.5, 0.6) is 0 Å². The van der Waals surface area contributed by atoms with Gasteiger partial charge in [0.1, 0.15) is 0 Å². The van der Waals surface area contributed by atoms with Crippen molar-refractivity contribution in [3.63, 3.8) is 0 Å². The summed E-state index contributed by atoms with van der Waals surface area (Å²) in [6, 6.07) is 1.36. The number of nitrogens with one attached hydrogen (secondary N) is 1. The molecule has 19 heavy (non-hydrogen) atoms. The second-order valence-corrected chi connectivity index (χ2v) is 6.71. The van der Waals surface area contributed by atoms with Gasteiger partial charge in [-0.05, 0) is 52.5 Å². The zero-order chi connectivity index (χ0) is 14.3. The first-order valence-corrected chi connectivity index (χ1v) is 8.08. The Morgan fingerprint density at radius 3 is 2.58 bits per heavy atom. The molecule has 1 fully saturated rings. The summed E-state index contributed by atoms with van der Waals surface area (Å²) in [5.74, 6) is 0.784. The van der Waals surface area contributed by atoms with Gasteiger partial charge in [0.05, 0.1) is 6.10 Å². The molecule has 0 saturated carbocycles. The van der Waals surface area contributed by atoms with Crippen LogP contribution in [0.4, 0.5) is 0 Å². The molecule has 1 N–H and O–H groups in total. The minimum atomic E-state index is 0.369. The Hall–Kier alpha value is -0.120. The van der Waals surface area contributed by atoms with Crippen LogP contribution in [0.25, 0.3) is 0 Å². The molecule has 2 atom stereocenters. The zero-order valence-electron chi connectivity index (χ0n) is 13.6. The van der Waals surface area contributed by atoms with E-state index in [4.69, 9.17) is 4.74 Å². The number of nitrogens with zero attached hydrogens (tertiary/aromatic N) is 1. The molecule has 1 rings (SSSR count). The maximum atomic E-state index is 5.60. The fourth-order valence-corrected chi connectivity index (χ4v) is 2.77. The third-order valence-corrected chi connectivity index (χ3v) is 3.83. The Balaban J connectivity index is 2.19. The molecule has 0 amide bonds. The molecular formula is C16H34N2O. The van der Waals surface area contributed by atoms with E-state index in [1.165, 1.54) is 32.4 Å². The lowest BCUT2D eigenvalue weighted by Crippen LogP contribution is -2.55. The lowest BCUT2D eigenvalue weighted by molar-refractivity contribution is 0.0704. The standard InChI is InChI=1S/C16H34N2O/c1-13(2)10-16-12-18(15(5)11-17-16)8-6-7-9-19-14(3)4/h13-17H,6-12H2,1-5H3.